The molecule has 8 nitrogen and oxygen atoms in total. The second-order valence-corrected chi connectivity index (χ2v) is 9.89. The Kier molecular flexibility index (Phi) is 5.83. The van der Waals surface area contributed by atoms with Crippen LogP contribution >= 0.6 is 15.9 Å². The van der Waals surface area contributed by atoms with Gasteiger partial charge in [0.05, 0.1) is 12.3 Å². The zero-order chi connectivity index (χ0) is 21.5. The Balaban J connectivity index is 1.55. The largest absolute Gasteiger partial charge is 0.489 e. The van der Waals surface area contributed by atoms with Crippen molar-refractivity contribution in [1.82, 2.24) is 19.9 Å². The predicted octanol–water partition coefficient (Wildman–Crippen LogP) is 3.87. The molecule has 2 aromatic heterocycles. The second-order valence-electron chi connectivity index (χ2n) is 9.14. The molecule has 0 saturated carbocycles. The number of nitrogens with one attached hydrogen (secondary N) is 1. The molecule has 0 aromatic carbocycles. The van der Waals surface area contributed by atoms with E-state index in [0.29, 0.717) is 19.1 Å². The third kappa shape index (κ3) is 4.36. The molecule has 9 heteroatoms. The third-order valence-electron chi connectivity index (χ3n) is 5.47. The zero-order valence-electron chi connectivity index (χ0n) is 18.1. The SMILES string of the molecule is Cc1nc2c3c(c(N4CCC[C@@H](CNC(=O)OC(C)(C)C)C4)nn2c1Br)CCCO3. The van der Waals surface area contributed by atoms with Gasteiger partial charge < -0.3 is 19.7 Å². The predicted molar refractivity (Wildman–Crippen MR) is 118 cm³/mol. The lowest BCUT2D eigenvalue weighted by Crippen LogP contribution is -2.43. The number of hydrogen-bond acceptors (Lipinski definition) is 6. The number of ether oxygens (including phenoxy) is 2. The van der Waals surface area contributed by atoms with Gasteiger partial charge >= 0.3 is 6.09 Å². The van der Waals surface area contributed by atoms with E-state index in [2.05, 4.69) is 31.1 Å². The van der Waals surface area contributed by atoms with Crippen LogP contribution < -0.4 is 15.0 Å². The maximum Gasteiger partial charge on any atom is 0.407 e. The molecule has 2 aromatic rings. The van der Waals surface area contributed by atoms with Gasteiger partial charge in [-0.3, -0.25) is 0 Å². The lowest BCUT2D eigenvalue weighted by Gasteiger charge is -2.35. The number of aromatic nitrogens is 3. The molecule has 1 fully saturated rings. The zero-order valence-corrected chi connectivity index (χ0v) is 19.7. The Morgan fingerprint density at radius 3 is 2.93 bits per heavy atom. The van der Waals surface area contributed by atoms with Crippen molar-refractivity contribution in [2.24, 2.45) is 5.92 Å². The van der Waals surface area contributed by atoms with Crippen LogP contribution in [0.5, 0.6) is 5.75 Å². The van der Waals surface area contributed by atoms with Gasteiger partial charge in [0.2, 0.25) is 0 Å². The van der Waals surface area contributed by atoms with Gasteiger partial charge in [0.1, 0.15) is 10.2 Å². The van der Waals surface area contributed by atoms with Crippen LogP contribution in [0.2, 0.25) is 0 Å². The van der Waals surface area contributed by atoms with E-state index in [-0.39, 0.29) is 6.09 Å². The van der Waals surface area contributed by atoms with Crippen molar-refractivity contribution >= 4 is 33.5 Å². The number of rotatable bonds is 3. The highest BCUT2D eigenvalue weighted by atomic mass is 79.9. The summed E-state index contributed by atoms with van der Waals surface area (Å²) >= 11 is 3.62. The van der Waals surface area contributed by atoms with E-state index >= 15 is 0 Å². The number of carbonyl (C=O) groups excluding carboxylic acids is 1. The Labute approximate surface area is 185 Å². The molecule has 0 spiro atoms. The number of carbonyl (C=O) groups is 1. The number of halogens is 1. The lowest BCUT2D eigenvalue weighted by atomic mass is 9.97. The molecular formula is C21H30BrN5O3. The molecule has 30 heavy (non-hydrogen) atoms. The number of amides is 1. The average Bonchev–Trinajstić information content (AvgIpc) is 2.99. The minimum atomic E-state index is -0.489. The number of nitrogens with zero attached hydrogens (tertiary/aromatic N) is 4. The summed E-state index contributed by atoms with van der Waals surface area (Å²) in [6.45, 7) is 10.7. The fourth-order valence-electron chi connectivity index (χ4n) is 4.15. The van der Waals surface area contributed by atoms with Gasteiger partial charge in [-0.2, -0.15) is 0 Å². The van der Waals surface area contributed by atoms with Gasteiger partial charge in [-0.05, 0) is 75.2 Å². The molecule has 0 radical (unpaired) electrons. The van der Waals surface area contributed by atoms with E-state index in [9.17, 15) is 4.79 Å². The molecule has 164 valence electrons. The van der Waals surface area contributed by atoms with Crippen molar-refractivity contribution in [2.45, 2.75) is 59.0 Å². The number of anilines is 1. The molecule has 2 aliphatic rings. The summed E-state index contributed by atoms with van der Waals surface area (Å²) < 4.78 is 14.1. The molecule has 2 aliphatic heterocycles. The molecule has 1 amide bonds. The van der Waals surface area contributed by atoms with Crippen molar-refractivity contribution < 1.29 is 14.3 Å². The van der Waals surface area contributed by atoms with Crippen molar-refractivity contribution in [3.8, 4) is 5.75 Å². The summed E-state index contributed by atoms with van der Waals surface area (Å²) in [5.74, 6) is 2.17. The minimum absolute atomic E-state index is 0.344. The molecule has 0 bridgehead atoms. The van der Waals surface area contributed by atoms with E-state index in [4.69, 9.17) is 14.6 Å². The number of alkyl carbamates (subject to hydrolysis) is 1. The molecule has 1 saturated heterocycles. The van der Waals surface area contributed by atoms with Gasteiger partial charge in [-0.15, -0.1) is 5.10 Å². The molecule has 4 rings (SSSR count). The standard InChI is InChI=1S/C21H30BrN5O3/c1-13-17(22)27-19(24-13)16-15(8-6-10-29-16)18(25-27)26-9-5-7-14(12-26)11-23-20(28)30-21(2,3)4/h14H,5-12H2,1-4H3,(H,23,28)/t14-/m0/s1. The number of aryl methyl sites for hydroxylation is 1. The topological polar surface area (TPSA) is 81.0 Å². The first-order valence-electron chi connectivity index (χ1n) is 10.7. The normalized spacial score (nSPS) is 19.4. The molecule has 4 heterocycles. The van der Waals surface area contributed by atoms with Gasteiger partial charge in [0.15, 0.2) is 17.2 Å². The van der Waals surface area contributed by atoms with Crippen LogP contribution in [0, 0.1) is 12.8 Å². The number of fused-ring (bicyclic) bond motifs is 3. The Morgan fingerprint density at radius 1 is 1.37 bits per heavy atom. The first-order valence-corrected chi connectivity index (χ1v) is 11.4. The van der Waals surface area contributed by atoms with Crippen LogP contribution in [-0.2, 0) is 11.2 Å². The fourth-order valence-corrected chi connectivity index (χ4v) is 4.48. The molecule has 0 unspecified atom stereocenters. The van der Waals surface area contributed by atoms with E-state index in [1.54, 1.807) is 0 Å². The van der Waals surface area contributed by atoms with Crippen molar-refractivity contribution in [1.29, 1.82) is 0 Å². The highest BCUT2D eigenvalue weighted by Crippen LogP contribution is 2.38. The van der Waals surface area contributed by atoms with E-state index in [1.807, 2.05) is 32.2 Å². The van der Waals surface area contributed by atoms with Gasteiger partial charge in [0.25, 0.3) is 0 Å². The van der Waals surface area contributed by atoms with Crippen LogP contribution in [0.25, 0.3) is 5.65 Å². The lowest BCUT2D eigenvalue weighted by molar-refractivity contribution is 0.0517. The van der Waals surface area contributed by atoms with E-state index < -0.39 is 5.60 Å². The van der Waals surface area contributed by atoms with E-state index in [0.717, 1.165) is 71.8 Å². The van der Waals surface area contributed by atoms with Crippen LogP contribution in [-0.4, -0.2) is 52.5 Å². The molecule has 1 N–H and O–H groups in total. The highest BCUT2D eigenvalue weighted by molar-refractivity contribution is 9.10. The summed E-state index contributed by atoms with van der Waals surface area (Å²) in [5, 5.41) is 7.88. The maximum atomic E-state index is 12.0. The third-order valence-corrected chi connectivity index (χ3v) is 6.38. The number of imidazole rings is 1. The van der Waals surface area contributed by atoms with Gasteiger partial charge in [-0.1, -0.05) is 0 Å². The van der Waals surface area contributed by atoms with Gasteiger partial charge in [-0.25, -0.2) is 14.3 Å². The Morgan fingerprint density at radius 2 is 2.17 bits per heavy atom. The Bertz CT molecular complexity index is 952. The quantitative estimate of drug-likeness (QED) is 0.719. The molecular weight excluding hydrogens is 450 g/mol. The summed E-state index contributed by atoms with van der Waals surface area (Å²) in [7, 11) is 0. The van der Waals surface area contributed by atoms with Gasteiger partial charge in [0, 0.05) is 25.2 Å². The number of hydrogen-bond donors (Lipinski definition) is 1. The molecule has 0 aliphatic carbocycles. The van der Waals surface area contributed by atoms with Crippen molar-refractivity contribution in [3.05, 3.63) is 15.9 Å². The smallest absolute Gasteiger partial charge is 0.407 e. The maximum absolute atomic E-state index is 12.0. The fraction of sp³-hybridized carbons (Fsp3) is 0.667. The summed E-state index contributed by atoms with van der Waals surface area (Å²) in [6.07, 6.45) is 3.69. The first-order chi connectivity index (χ1) is 14.2. The van der Waals surface area contributed by atoms with Crippen LogP contribution in [0.15, 0.2) is 4.60 Å². The minimum Gasteiger partial charge on any atom is -0.489 e. The Hall–Kier alpha value is -2.03. The summed E-state index contributed by atoms with van der Waals surface area (Å²) in [6, 6.07) is 0. The van der Waals surface area contributed by atoms with Crippen LogP contribution in [0.4, 0.5) is 10.6 Å². The number of piperidine rings is 1. The molecule has 1 atom stereocenters. The summed E-state index contributed by atoms with van der Waals surface area (Å²) in [4.78, 5) is 19.0. The first kappa shape index (κ1) is 21.2. The van der Waals surface area contributed by atoms with Crippen LogP contribution in [0.1, 0.15) is 51.3 Å². The van der Waals surface area contributed by atoms with E-state index in [1.165, 1.54) is 0 Å². The summed E-state index contributed by atoms with van der Waals surface area (Å²) in [5.41, 5.74) is 2.33. The average molecular weight is 480 g/mol. The van der Waals surface area contributed by atoms with Crippen molar-refractivity contribution in [3.63, 3.8) is 0 Å². The van der Waals surface area contributed by atoms with Crippen LogP contribution in [0.3, 0.4) is 0 Å². The highest BCUT2D eigenvalue weighted by Gasteiger charge is 2.29. The monoisotopic (exact) mass is 479 g/mol. The van der Waals surface area contributed by atoms with Crippen molar-refractivity contribution in [2.75, 3.05) is 31.1 Å². The second kappa shape index (κ2) is 8.24.